The van der Waals surface area contributed by atoms with Crippen LogP contribution in [0.1, 0.15) is 34.3 Å². The quantitative estimate of drug-likeness (QED) is 0.878. The zero-order valence-corrected chi connectivity index (χ0v) is 13.4. The van der Waals surface area contributed by atoms with Crippen LogP contribution >= 0.6 is 0 Å². The van der Waals surface area contributed by atoms with Crippen LogP contribution in [-0.2, 0) is 0 Å². The number of hydrogen-bond donors (Lipinski definition) is 1. The van der Waals surface area contributed by atoms with Gasteiger partial charge in [0, 0.05) is 5.56 Å². The molecule has 1 aliphatic heterocycles. The number of carbonyl (C=O) groups is 1. The average Bonchev–Trinajstić information content (AvgIpc) is 2.60. The van der Waals surface area contributed by atoms with E-state index in [1.807, 2.05) is 30.3 Å². The van der Waals surface area contributed by atoms with Crippen molar-refractivity contribution in [1.82, 2.24) is 0 Å². The number of carbonyl (C=O) groups excluding carboxylic acids is 1. The van der Waals surface area contributed by atoms with Crippen LogP contribution in [0.3, 0.4) is 0 Å². The molecule has 1 unspecified atom stereocenters. The highest BCUT2D eigenvalue weighted by Gasteiger charge is 2.32. The lowest BCUT2D eigenvalue weighted by atomic mass is 9.82. The number of para-hydroxylation sites is 1. The van der Waals surface area contributed by atoms with Crippen molar-refractivity contribution in [1.29, 1.82) is 5.26 Å². The van der Waals surface area contributed by atoms with Gasteiger partial charge in [0.05, 0.1) is 18.6 Å². The van der Waals surface area contributed by atoms with Gasteiger partial charge >= 0.3 is 0 Å². The summed E-state index contributed by atoms with van der Waals surface area (Å²) in [5.41, 5.74) is 8.36. The highest BCUT2D eigenvalue weighted by Crippen LogP contribution is 2.43. The number of ether oxygens (including phenoxy) is 2. The molecule has 0 bridgehead atoms. The number of Topliss-reactive ketones (excluding diaryl/α,β-unsaturated/α-hetero) is 1. The van der Waals surface area contributed by atoms with Gasteiger partial charge in [-0.15, -0.1) is 0 Å². The van der Waals surface area contributed by atoms with Gasteiger partial charge in [-0.2, -0.15) is 5.26 Å². The number of benzene rings is 2. The molecule has 2 aromatic carbocycles. The first-order chi connectivity index (χ1) is 11.6. The monoisotopic (exact) mass is 320 g/mol. The molecule has 0 radical (unpaired) electrons. The van der Waals surface area contributed by atoms with E-state index in [4.69, 9.17) is 15.2 Å². The van der Waals surface area contributed by atoms with Crippen molar-refractivity contribution in [2.45, 2.75) is 12.8 Å². The largest absolute Gasteiger partial charge is 0.497 e. The predicted molar refractivity (Wildman–Crippen MR) is 88.7 cm³/mol. The summed E-state index contributed by atoms with van der Waals surface area (Å²) < 4.78 is 10.8. The van der Waals surface area contributed by atoms with Gasteiger partial charge in [-0.05, 0) is 30.7 Å². The van der Waals surface area contributed by atoms with Crippen molar-refractivity contribution >= 4 is 5.78 Å². The molecule has 3 rings (SSSR count). The summed E-state index contributed by atoms with van der Waals surface area (Å²) in [4.78, 5) is 11.9. The Labute approximate surface area is 139 Å². The van der Waals surface area contributed by atoms with Crippen molar-refractivity contribution in [3.05, 3.63) is 70.6 Å². The highest BCUT2D eigenvalue weighted by atomic mass is 16.5. The van der Waals surface area contributed by atoms with Crippen molar-refractivity contribution in [2.75, 3.05) is 7.11 Å². The molecule has 0 aliphatic carbocycles. The molecule has 5 nitrogen and oxygen atoms in total. The lowest BCUT2D eigenvalue weighted by Crippen LogP contribution is -2.22. The van der Waals surface area contributed by atoms with E-state index < -0.39 is 0 Å². The van der Waals surface area contributed by atoms with E-state index >= 15 is 0 Å². The van der Waals surface area contributed by atoms with Crippen molar-refractivity contribution in [2.24, 2.45) is 5.73 Å². The highest BCUT2D eigenvalue weighted by molar-refractivity contribution is 5.97. The maximum Gasteiger partial charge on any atom is 0.205 e. The normalized spacial score (nSPS) is 16.0. The minimum absolute atomic E-state index is 0.0273. The number of nitrogens with two attached hydrogens (primary N) is 1. The van der Waals surface area contributed by atoms with Gasteiger partial charge in [0.2, 0.25) is 5.88 Å². The molecule has 0 amide bonds. The average molecular weight is 320 g/mol. The van der Waals surface area contributed by atoms with Crippen molar-refractivity contribution < 1.29 is 14.3 Å². The minimum Gasteiger partial charge on any atom is -0.497 e. The maximum atomic E-state index is 11.9. The van der Waals surface area contributed by atoms with E-state index in [-0.39, 0.29) is 17.6 Å². The van der Waals surface area contributed by atoms with Gasteiger partial charge in [-0.25, -0.2) is 0 Å². The van der Waals surface area contributed by atoms with Gasteiger partial charge in [-0.1, -0.05) is 24.3 Å². The second-order valence-electron chi connectivity index (χ2n) is 5.48. The van der Waals surface area contributed by atoms with E-state index in [0.29, 0.717) is 16.9 Å². The molecular weight excluding hydrogens is 304 g/mol. The van der Waals surface area contributed by atoms with E-state index in [1.54, 1.807) is 19.2 Å². The molecule has 120 valence electrons. The second-order valence-corrected chi connectivity index (χ2v) is 5.48. The molecular formula is C19H16N2O3. The number of rotatable bonds is 3. The van der Waals surface area contributed by atoms with Gasteiger partial charge in [0.25, 0.3) is 0 Å². The van der Waals surface area contributed by atoms with Crippen LogP contribution in [0, 0.1) is 11.3 Å². The molecule has 0 fully saturated rings. The van der Waals surface area contributed by atoms with Crippen LogP contribution in [-0.4, -0.2) is 12.9 Å². The van der Waals surface area contributed by atoms with Crippen LogP contribution in [0.15, 0.2) is 53.9 Å². The standard InChI is InChI=1S/C19H16N2O3/c1-11(22)14-4-3-5-15-17(12-6-8-13(23-2)9-7-12)16(10-20)19(21)24-18(14)15/h3-9,17H,21H2,1-2H3. The molecule has 1 heterocycles. The molecule has 2 N–H and O–H groups in total. The van der Waals surface area contributed by atoms with E-state index in [2.05, 4.69) is 6.07 Å². The molecule has 0 saturated carbocycles. The third-order valence-corrected chi connectivity index (χ3v) is 4.07. The summed E-state index contributed by atoms with van der Waals surface area (Å²) in [5, 5.41) is 9.54. The smallest absolute Gasteiger partial charge is 0.205 e. The Balaban J connectivity index is 2.22. The Morgan fingerprint density at radius 1 is 1.25 bits per heavy atom. The van der Waals surface area contributed by atoms with Gasteiger partial charge in [-0.3, -0.25) is 4.79 Å². The number of nitrogens with zero attached hydrogens (tertiary/aromatic N) is 1. The van der Waals surface area contributed by atoms with Crippen LogP contribution in [0.5, 0.6) is 11.5 Å². The van der Waals surface area contributed by atoms with Crippen molar-refractivity contribution in [3.63, 3.8) is 0 Å². The molecule has 0 saturated heterocycles. The van der Waals surface area contributed by atoms with Crippen LogP contribution in [0.2, 0.25) is 0 Å². The molecule has 5 heteroatoms. The molecule has 24 heavy (non-hydrogen) atoms. The Bertz CT molecular complexity index is 876. The van der Waals surface area contributed by atoms with Crippen LogP contribution in [0.4, 0.5) is 0 Å². The predicted octanol–water partition coefficient (Wildman–Crippen LogP) is 3.12. The zero-order chi connectivity index (χ0) is 17.3. The van der Waals surface area contributed by atoms with Crippen LogP contribution < -0.4 is 15.2 Å². The molecule has 2 aromatic rings. The summed E-state index contributed by atoms with van der Waals surface area (Å²) in [7, 11) is 1.59. The first-order valence-corrected chi connectivity index (χ1v) is 7.42. The number of hydrogen-bond acceptors (Lipinski definition) is 5. The summed E-state index contributed by atoms with van der Waals surface area (Å²) in [5.74, 6) is 0.665. The third-order valence-electron chi connectivity index (χ3n) is 4.07. The number of allylic oxidation sites excluding steroid dienone is 1. The van der Waals surface area contributed by atoms with Gasteiger partial charge < -0.3 is 15.2 Å². The Kier molecular flexibility index (Phi) is 3.97. The van der Waals surface area contributed by atoms with E-state index in [1.165, 1.54) is 6.92 Å². The minimum atomic E-state index is -0.385. The SMILES string of the molecule is COc1ccc(C2C(C#N)=C(N)Oc3c(C(C)=O)cccc32)cc1. The van der Waals surface area contributed by atoms with Gasteiger partial charge in [0.15, 0.2) is 5.78 Å². The van der Waals surface area contributed by atoms with Gasteiger partial charge in [0.1, 0.15) is 23.1 Å². The molecule has 1 aliphatic rings. The summed E-state index contributed by atoms with van der Waals surface area (Å²) in [6.07, 6.45) is 0. The number of nitriles is 1. The third kappa shape index (κ3) is 2.48. The lowest BCUT2D eigenvalue weighted by molar-refractivity contribution is 0.101. The second kappa shape index (κ2) is 6.09. The van der Waals surface area contributed by atoms with E-state index in [0.717, 1.165) is 16.9 Å². The summed E-state index contributed by atoms with van der Waals surface area (Å²) >= 11 is 0. The fraction of sp³-hybridized carbons (Fsp3) is 0.158. The topological polar surface area (TPSA) is 85.3 Å². The fourth-order valence-electron chi connectivity index (χ4n) is 2.90. The first kappa shape index (κ1) is 15.6. The zero-order valence-electron chi connectivity index (χ0n) is 13.4. The molecule has 0 spiro atoms. The first-order valence-electron chi connectivity index (χ1n) is 7.42. The number of methoxy groups -OCH3 is 1. The van der Waals surface area contributed by atoms with E-state index in [9.17, 15) is 10.1 Å². The number of ketones is 1. The molecule has 1 atom stereocenters. The molecule has 0 aromatic heterocycles. The maximum absolute atomic E-state index is 11.9. The Morgan fingerprint density at radius 2 is 1.96 bits per heavy atom. The fourth-order valence-corrected chi connectivity index (χ4v) is 2.90. The lowest BCUT2D eigenvalue weighted by Gasteiger charge is -2.27. The van der Waals surface area contributed by atoms with Crippen LogP contribution in [0.25, 0.3) is 0 Å². The summed E-state index contributed by atoms with van der Waals surface area (Å²) in [6.45, 7) is 1.47. The van der Waals surface area contributed by atoms with Crippen molar-refractivity contribution in [3.8, 4) is 17.6 Å². The number of fused-ring (bicyclic) bond motifs is 1. The summed E-state index contributed by atoms with van der Waals surface area (Å²) in [6, 6.07) is 14.9. The Hall–Kier alpha value is -3.26. The Morgan fingerprint density at radius 3 is 2.54 bits per heavy atom.